The van der Waals surface area contributed by atoms with E-state index in [-0.39, 0.29) is 12.3 Å². The zero-order chi connectivity index (χ0) is 20.7. The van der Waals surface area contributed by atoms with Gasteiger partial charge in [0.2, 0.25) is 0 Å². The minimum atomic E-state index is -0.562. The quantitative estimate of drug-likeness (QED) is 0.348. The molecule has 2 aromatic rings. The molecule has 0 heterocycles. The van der Waals surface area contributed by atoms with Gasteiger partial charge < -0.3 is 4.74 Å². The number of benzene rings is 2. The third kappa shape index (κ3) is 6.46. The van der Waals surface area contributed by atoms with Crippen LogP contribution in [0.5, 0.6) is 5.75 Å². The number of nitrogens with zero attached hydrogens (tertiary/aromatic N) is 1. The number of ether oxygens (including phenoxy) is 1. The molecule has 0 aliphatic carbocycles. The van der Waals surface area contributed by atoms with E-state index < -0.39 is 16.7 Å². The van der Waals surface area contributed by atoms with E-state index in [9.17, 15) is 19.7 Å². The van der Waals surface area contributed by atoms with Gasteiger partial charge in [-0.1, -0.05) is 15.9 Å². The number of rotatable bonds is 6. The molecule has 0 radical (unpaired) electrons. The summed E-state index contributed by atoms with van der Waals surface area (Å²) in [6.07, 6.45) is 2.65. The Balaban J connectivity index is 1.80. The van der Waals surface area contributed by atoms with Crippen LogP contribution in [0.2, 0.25) is 0 Å². The fraction of sp³-hybridized carbons (Fsp3) is 0.111. The number of nitro benzene ring substituents is 1. The number of carbonyl (C=O) groups is 2. The first kappa shape index (κ1) is 21.6. The molecule has 28 heavy (non-hydrogen) atoms. The fourth-order valence-electron chi connectivity index (χ4n) is 2.10. The molecule has 8 nitrogen and oxygen atoms in total. The van der Waals surface area contributed by atoms with Gasteiger partial charge >= 0.3 is 0 Å². The van der Waals surface area contributed by atoms with Crippen molar-refractivity contribution in [2.24, 2.45) is 0 Å². The van der Waals surface area contributed by atoms with Gasteiger partial charge in [0.1, 0.15) is 5.75 Å². The van der Waals surface area contributed by atoms with E-state index in [2.05, 4.69) is 42.7 Å². The first-order valence-electron chi connectivity index (χ1n) is 7.86. The summed E-state index contributed by atoms with van der Waals surface area (Å²) in [5.41, 5.74) is 5.86. The van der Waals surface area contributed by atoms with Crippen LogP contribution in [0.4, 0.5) is 5.69 Å². The minimum Gasteiger partial charge on any atom is -0.482 e. The Hall–Kier alpha value is -2.72. The lowest BCUT2D eigenvalue weighted by Gasteiger charge is -2.12. The van der Waals surface area contributed by atoms with Crippen LogP contribution >= 0.6 is 31.9 Å². The zero-order valence-electron chi connectivity index (χ0n) is 14.6. The van der Waals surface area contributed by atoms with Crippen LogP contribution in [-0.4, -0.2) is 23.3 Å². The van der Waals surface area contributed by atoms with Crippen LogP contribution in [0, 0.1) is 17.0 Å². The van der Waals surface area contributed by atoms with Crippen molar-refractivity contribution >= 4 is 55.4 Å². The molecule has 10 heteroatoms. The second-order valence-corrected chi connectivity index (χ2v) is 7.31. The maximum absolute atomic E-state index is 11.8. The number of halogens is 2. The Morgan fingerprint density at radius 2 is 1.86 bits per heavy atom. The molecule has 0 unspecified atom stereocenters. The van der Waals surface area contributed by atoms with Gasteiger partial charge in [-0.3, -0.25) is 30.6 Å². The van der Waals surface area contributed by atoms with Crippen molar-refractivity contribution in [1.82, 2.24) is 10.9 Å². The Morgan fingerprint density at radius 1 is 1.18 bits per heavy atom. The number of hydrogen-bond donors (Lipinski definition) is 2. The molecule has 0 aliphatic heterocycles. The number of hydrazine groups is 1. The van der Waals surface area contributed by atoms with Crippen LogP contribution in [0.15, 0.2) is 51.4 Å². The number of nitrogens with one attached hydrogen (secondary N) is 2. The summed E-state index contributed by atoms with van der Waals surface area (Å²) in [5.74, 6) is -0.568. The number of aryl methyl sites for hydroxylation is 1. The van der Waals surface area contributed by atoms with Gasteiger partial charge in [-0.05, 0) is 64.3 Å². The molecule has 0 saturated carbocycles. The van der Waals surface area contributed by atoms with Gasteiger partial charge in [0.15, 0.2) is 6.61 Å². The first-order valence-corrected chi connectivity index (χ1v) is 9.44. The highest BCUT2D eigenvalue weighted by molar-refractivity contribution is 9.11. The summed E-state index contributed by atoms with van der Waals surface area (Å²) in [6.45, 7) is 1.56. The summed E-state index contributed by atoms with van der Waals surface area (Å²) >= 11 is 6.72. The first-order chi connectivity index (χ1) is 13.3. The van der Waals surface area contributed by atoms with E-state index in [1.165, 1.54) is 36.4 Å². The maximum atomic E-state index is 11.8. The van der Waals surface area contributed by atoms with Crippen molar-refractivity contribution in [2.45, 2.75) is 6.92 Å². The summed E-state index contributed by atoms with van der Waals surface area (Å²) in [7, 11) is 0. The van der Waals surface area contributed by atoms with Crippen LogP contribution in [-0.2, 0) is 9.59 Å². The highest BCUT2D eigenvalue weighted by atomic mass is 79.9. The number of non-ortho nitro benzene ring substituents is 1. The number of nitro groups is 1. The van der Waals surface area contributed by atoms with E-state index >= 15 is 0 Å². The average molecular weight is 513 g/mol. The molecule has 0 aliphatic rings. The Labute approximate surface area is 177 Å². The standard InChI is InChI=1S/C18H15Br2N3O5/c1-11-8-13(19)9-15(20)18(11)28-10-17(25)22-21-16(24)7-4-12-2-5-14(6-3-12)23(26)27/h2-9H,10H2,1H3,(H,21,24)(H,22,25)/b7-4+. The van der Waals surface area contributed by atoms with Crippen LogP contribution in [0.1, 0.15) is 11.1 Å². The SMILES string of the molecule is Cc1cc(Br)cc(Br)c1OCC(=O)NNC(=O)/C=C/c1ccc([N+](=O)[O-])cc1. The molecule has 0 spiro atoms. The van der Waals surface area contributed by atoms with E-state index in [1.54, 1.807) is 6.07 Å². The number of hydrogen-bond acceptors (Lipinski definition) is 5. The second-order valence-electron chi connectivity index (χ2n) is 5.54. The predicted molar refractivity (Wildman–Crippen MR) is 110 cm³/mol. The van der Waals surface area contributed by atoms with Gasteiger partial charge in [0.25, 0.3) is 17.5 Å². The number of amides is 2. The van der Waals surface area contributed by atoms with Crippen molar-refractivity contribution in [3.8, 4) is 5.75 Å². The van der Waals surface area contributed by atoms with E-state index in [1.807, 2.05) is 13.0 Å². The van der Waals surface area contributed by atoms with Crippen molar-refractivity contribution < 1.29 is 19.2 Å². The molecule has 0 bridgehead atoms. The van der Waals surface area contributed by atoms with Crippen LogP contribution in [0.3, 0.4) is 0 Å². The normalized spacial score (nSPS) is 10.5. The van der Waals surface area contributed by atoms with Gasteiger partial charge in [-0.2, -0.15) is 0 Å². The summed E-state index contributed by atoms with van der Waals surface area (Å²) in [5, 5.41) is 10.6. The molecular formula is C18H15Br2N3O5. The number of carbonyl (C=O) groups excluding carboxylic acids is 2. The van der Waals surface area contributed by atoms with E-state index in [0.29, 0.717) is 15.8 Å². The molecular weight excluding hydrogens is 498 g/mol. The summed E-state index contributed by atoms with van der Waals surface area (Å²) < 4.78 is 7.04. The summed E-state index contributed by atoms with van der Waals surface area (Å²) in [6, 6.07) is 9.32. The molecule has 2 amide bonds. The lowest BCUT2D eigenvalue weighted by atomic mass is 10.2. The van der Waals surface area contributed by atoms with Gasteiger partial charge in [0, 0.05) is 22.7 Å². The Bertz CT molecular complexity index is 906. The topological polar surface area (TPSA) is 111 Å². The van der Waals surface area contributed by atoms with Gasteiger partial charge in [-0.15, -0.1) is 0 Å². The monoisotopic (exact) mass is 511 g/mol. The van der Waals surface area contributed by atoms with Crippen molar-refractivity contribution in [3.05, 3.63) is 72.7 Å². The highest BCUT2D eigenvalue weighted by Crippen LogP contribution is 2.32. The van der Waals surface area contributed by atoms with Crippen LogP contribution in [0.25, 0.3) is 6.08 Å². The second kappa shape index (κ2) is 10.00. The lowest BCUT2D eigenvalue weighted by molar-refractivity contribution is -0.384. The Morgan fingerprint density at radius 3 is 2.46 bits per heavy atom. The maximum Gasteiger partial charge on any atom is 0.276 e. The van der Waals surface area contributed by atoms with Gasteiger partial charge in [0.05, 0.1) is 9.40 Å². The molecule has 2 aromatic carbocycles. The molecule has 2 N–H and O–H groups in total. The van der Waals surface area contributed by atoms with E-state index in [4.69, 9.17) is 4.74 Å². The molecule has 0 saturated heterocycles. The van der Waals surface area contributed by atoms with E-state index in [0.717, 1.165) is 10.0 Å². The third-order valence-corrected chi connectivity index (χ3v) is 4.44. The van der Waals surface area contributed by atoms with Crippen molar-refractivity contribution in [2.75, 3.05) is 6.61 Å². The van der Waals surface area contributed by atoms with Gasteiger partial charge in [-0.25, -0.2) is 0 Å². The lowest BCUT2D eigenvalue weighted by Crippen LogP contribution is -2.43. The average Bonchev–Trinajstić information content (AvgIpc) is 2.64. The highest BCUT2D eigenvalue weighted by Gasteiger charge is 2.10. The smallest absolute Gasteiger partial charge is 0.276 e. The molecule has 0 fully saturated rings. The summed E-state index contributed by atoms with van der Waals surface area (Å²) in [4.78, 5) is 33.6. The minimum absolute atomic E-state index is 0.0403. The Kier molecular flexibility index (Phi) is 7.70. The molecule has 146 valence electrons. The zero-order valence-corrected chi connectivity index (χ0v) is 17.7. The third-order valence-electron chi connectivity index (χ3n) is 3.40. The molecule has 0 aromatic heterocycles. The van der Waals surface area contributed by atoms with Crippen LogP contribution < -0.4 is 15.6 Å². The fourth-order valence-corrected chi connectivity index (χ4v) is 3.65. The molecule has 2 rings (SSSR count). The molecule has 0 atom stereocenters. The predicted octanol–water partition coefficient (Wildman–Crippen LogP) is 3.67. The largest absolute Gasteiger partial charge is 0.482 e. The van der Waals surface area contributed by atoms with Crippen molar-refractivity contribution in [1.29, 1.82) is 0 Å². The van der Waals surface area contributed by atoms with Crippen molar-refractivity contribution in [3.63, 3.8) is 0 Å².